The predicted molar refractivity (Wildman–Crippen MR) is 435 cm³/mol. The van der Waals surface area contributed by atoms with Gasteiger partial charge in [0.25, 0.3) is 0 Å². The van der Waals surface area contributed by atoms with Gasteiger partial charge < -0.3 is 20.3 Å². The summed E-state index contributed by atoms with van der Waals surface area (Å²) in [6.45, 7) is 4.94. The third-order valence-corrected chi connectivity index (χ3v) is 21.1. The zero-order valence-electron chi connectivity index (χ0n) is 66.5. The van der Waals surface area contributed by atoms with Crippen LogP contribution in [0.2, 0.25) is 0 Å². The molecule has 0 spiro atoms. The number of hydrogen-bond acceptors (Lipinski definition) is 5. The molecule has 0 aliphatic rings. The van der Waals surface area contributed by atoms with Crippen LogP contribution in [-0.4, -0.2) is 47.4 Å². The van der Waals surface area contributed by atoms with E-state index < -0.39 is 12.1 Å². The van der Waals surface area contributed by atoms with Gasteiger partial charge in [-0.05, 0) is 89.9 Å². The van der Waals surface area contributed by atoms with E-state index in [-0.39, 0.29) is 18.5 Å². The maximum Gasteiger partial charge on any atom is 0.305 e. The topological polar surface area (TPSA) is 95.9 Å². The van der Waals surface area contributed by atoms with E-state index >= 15 is 0 Å². The molecule has 0 aliphatic carbocycles. The van der Waals surface area contributed by atoms with Crippen molar-refractivity contribution in [1.82, 2.24) is 5.32 Å². The summed E-state index contributed by atoms with van der Waals surface area (Å²) in [6, 6.07) is -0.627. The molecule has 0 rings (SSSR count). The minimum Gasteiger partial charge on any atom is -0.466 e. The number of carbonyl (C=O) groups excluding carboxylic acids is 2. The fourth-order valence-corrected chi connectivity index (χ4v) is 14.3. The van der Waals surface area contributed by atoms with Crippen molar-refractivity contribution in [1.29, 1.82) is 0 Å². The molecule has 6 heteroatoms. The van der Waals surface area contributed by atoms with Crippen LogP contribution in [0, 0.1) is 0 Å². The van der Waals surface area contributed by atoms with Crippen molar-refractivity contribution in [2.45, 2.75) is 514 Å². The first kappa shape index (κ1) is 95.8. The Morgan fingerprint density at radius 2 is 0.510 bits per heavy atom. The molecule has 6 nitrogen and oxygen atoms in total. The van der Waals surface area contributed by atoms with E-state index in [1.165, 1.54) is 424 Å². The lowest BCUT2D eigenvalue weighted by molar-refractivity contribution is -0.143. The second kappa shape index (κ2) is 87.2. The van der Waals surface area contributed by atoms with Crippen LogP contribution in [-0.2, 0) is 14.3 Å². The largest absolute Gasteiger partial charge is 0.466 e. The van der Waals surface area contributed by atoms with Crippen molar-refractivity contribution in [3.8, 4) is 0 Å². The van der Waals surface area contributed by atoms with Gasteiger partial charge in [0.2, 0.25) is 5.91 Å². The summed E-state index contributed by atoms with van der Waals surface area (Å²) in [5.41, 5.74) is 0. The number of esters is 1. The van der Waals surface area contributed by atoms with Gasteiger partial charge in [-0.3, -0.25) is 9.59 Å². The van der Waals surface area contributed by atoms with Crippen LogP contribution in [0.3, 0.4) is 0 Å². The Hall–Kier alpha value is -2.18. The van der Waals surface area contributed by atoms with Crippen molar-refractivity contribution in [3.63, 3.8) is 0 Å². The van der Waals surface area contributed by atoms with Gasteiger partial charge in [-0.15, -0.1) is 0 Å². The van der Waals surface area contributed by atoms with E-state index in [0.29, 0.717) is 19.4 Å². The summed E-state index contributed by atoms with van der Waals surface area (Å²) in [6.07, 6.45) is 117. The van der Waals surface area contributed by atoms with E-state index in [0.717, 1.165) is 51.4 Å². The van der Waals surface area contributed by atoms with Crippen molar-refractivity contribution in [2.24, 2.45) is 0 Å². The number of allylic oxidation sites excluding steroid dienone is 7. The molecule has 3 N–H and O–H groups in total. The Labute approximate surface area is 614 Å². The second-order valence-electron chi connectivity index (χ2n) is 30.9. The van der Waals surface area contributed by atoms with Gasteiger partial charge in [0.05, 0.1) is 25.4 Å². The summed E-state index contributed by atoms with van der Waals surface area (Å²) >= 11 is 0. The van der Waals surface area contributed by atoms with E-state index in [9.17, 15) is 19.8 Å². The van der Waals surface area contributed by atoms with Crippen molar-refractivity contribution < 1.29 is 24.5 Å². The van der Waals surface area contributed by atoms with Crippen LogP contribution in [0.25, 0.3) is 0 Å². The molecule has 2 atom stereocenters. The highest BCUT2D eigenvalue weighted by molar-refractivity contribution is 5.76. The Kier molecular flexibility index (Phi) is 85.3. The highest BCUT2D eigenvalue weighted by Crippen LogP contribution is 2.21. The number of carbonyl (C=O) groups is 2. The Balaban J connectivity index is 3.35. The minimum absolute atomic E-state index is 0.0157. The first-order chi connectivity index (χ1) is 48.5. The Morgan fingerprint density at radius 1 is 0.286 bits per heavy atom. The third-order valence-electron chi connectivity index (χ3n) is 21.1. The van der Waals surface area contributed by atoms with E-state index in [4.69, 9.17) is 4.74 Å². The quantitative estimate of drug-likeness (QED) is 0.0320. The van der Waals surface area contributed by atoms with Crippen LogP contribution in [0.1, 0.15) is 502 Å². The van der Waals surface area contributed by atoms with E-state index in [1.54, 1.807) is 6.08 Å². The number of unbranched alkanes of at least 4 members (excludes halogenated alkanes) is 68. The Bertz CT molecular complexity index is 1640. The zero-order chi connectivity index (χ0) is 70.5. The molecule has 2 unspecified atom stereocenters. The number of amides is 1. The second-order valence-corrected chi connectivity index (χ2v) is 30.9. The molecule has 0 aromatic carbocycles. The van der Waals surface area contributed by atoms with Crippen LogP contribution in [0.5, 0.6) is 0 Å². The maximum absolute atomic E-state index is 12.6. The first-order valence-corrected chi connectivity index (χ1v) is 44.9. The molecule has 1 amide bonds. The molecule has 98 heavy (non-hydrogen) atoms. The minimum atomic E-state index is -0.844. The standard InChI is InChI=1S/C92H175NO5/c1-3-5-7-9-11-13-15-17-19-21-23-24-25-43-46-49-52-56-60-64-68-72-76-80-84-90(95)89(88-94)93-91(96)85-81-77-73-69-65-61-57-53-50-47-44-41-39-37-35-33-31-29-27-26-28-30-32-34-36-38-40-42-45-48-51-55-59-63-67-71-75-79-83-87-98-92(97)86-82-78-74-70-66-62-58-54-22-20-18-16-14-12-10-8-6-4-2/h14,16,20,22,26-27,80,84,89-90,94-95H,3-13,15,17-19,21,23-25,28-79,81-83,85-88H2,1-2H3,(H,93,96)/b16-14-,22-20-,27-26-,84-80+. The third kappa shape index (κ3) is 82.8. The molecule has 0 aliphatic heterocycles. The molecule has 0 heterocycles. The summed E-state index contributed by atoms with van der Waals surface area (Å²) in [4.78, 5) is 24.7. The lowest BCUT2D eigenvalue weighted by Gasteiger charge is -2.20. The molecule has 0 fully saturated rings. The molecule has 0 bridgehead atoms. The fourth-order valence-electron chi connectivity index (χ4n) is 14.3. The molecular weight excluding hydrogens is 1200 g/mol. The van der Waals surface area contributed by atoms with Crippen LogP contribution >= 0.6 is 0 Å². The van der Waals surface area contributed by atoms with Gasteiger partial charge in [-0.2, -0.15) is 0 Å². The van der Waals surface area contributed by atoms with Gasteiger partial charge >= 0.3 is 5.97 Å². The smallest absolute Gasteiger partial charge is 0.305 e. The van der Waals surface area contributed by atoms with Crippen LogP contribution < -0.4 is 5.32 Å². The van der Waals surface area contributed by atoms with E-state index in [2.05, 4.69) is 55.6 Å². The lowest BCUT2D eigenvalue weighted by atomic mass is 10.0. The number of aliphatic hydroxyl groups excluding tert-OH is 2. The fraction of sp³-hybridized carbons (Fsp3) is 0.891. The Morgan fingerprint density at radius 3 is 0.796 bits per heavy atom. The SMILES string of the molecule is CCCCCC/C=C\C/C=C\CCCCCCCCCC(=O)OCCCCCCCCCCCCCCCCCCCC/C=C\CCCCCCCCCCCCCCCCCCCC(=O)NC(CO)C(O)/C=C/CCCCCCCCCCCCCCCCCCCCCCCC. The molecule has 578 valence electrons. The molecular formula is C92H175NO5. The number of rotatable bonds is 85. The summed E-state index contributed by atoms with van der Waals surface area (Å²) in [5.74, 6) is -0.0425. The summed E-state index contributed by atoms with van der Waals surface area (Å²) < 4.78 is 5.51. The highest BCUT2D eigenvalue weighted by Gasteiger charge is 2.18. The normalized spacial score (nSPS) is 12.7. The van der Waals surface area contributed by atoms with Crippen molar-refractivity contribution >= 4 is 11.9 Å². The monoisotopic (exact) mass is 1370 g/mol. The van der Waals surface area contributed by atoms with Gasteiger partial charge in [0, 0.05) is 12.8 Å². The van der Waals surface area contributed by atoms with Gasteiger partial charge in [-0.25, -0.2) is 0 Å². The summed E-state index contributed by atoms with van der Waals surface area (Å²) in [7, 11) is 0. The average Bonchev–Trinajstić information content (AvgIpc) is 1.88. The number of hydrogen-bond donors (Lipinski definition) is 3. The molecule has 0 aromatic rings. The maximum atomic E-state index is 12.6. The van der Waals surface area contributed by atoms with Crippen molar-refractivity contribution in [3.05, 3.63) is 48.6 Å². The number of ether oxygens (including phenoxy) is 1. The number of nitrogens with one attached hydrogen (secondary N) is 1. The molecule has 0 saturated heterocycles. The van der Waals surface area contributed by atoms with E-state index in [1.807, 2.05) is 6.08 Å². The highest BCUT2D eigenvalue weighted by atomic mass is 16.5. The average molecular weight is 1380 g/mol. The predicted octanol–water partition coefficient (Wildman–Crippen LogP) is 30.3. The zero-order valence-corrected chi connectivity index (χ0v) is 66.5. The van der Waals surface area contributed by atoms with Crippen LogP contribution in [0.15, 0.2) is 48.6 Å². The molecule has 0 radical (unpaired) electrons. The first-order valence-electron chi connectivity index (χ1n) is 44.9. The molecule has 0 aromatic heterocycles. The summed E-state index contributed by atoms with van der Waals surface area (Å²) in [5, 5.41) is 23.3. The number of aliphatic hydroxyl groups is 2. The van der Waals surface area contributed by atoms with Gasteiger partial charge in [0.15, 0.2) is 0 Å². The van der Waals surface area contributed by atoms with Crippen molar-refractivity contribution in [2.75, 3.05) is 13.2 Å². The van der Waals surface area contributed by atoms with Crippen LogP contribution in [0.4, 0.5) is 0 Å². The lowest BCUT2D eigenvalue weighted by Crippen LogP contribution is -2.45. The molecule has 0 saturated carbocycles. The van der Waals surface area contributed by atoms with Gasteiger partial charge in [-0.1, -0.05) is 448 Å². The van der Waals surface area contributed by atoms with Gasteiger partial charge in [0.1, 0.15) is 0 Å².